The van der Waals surface area contributed by atoms with Crippen LogP contribution < -0.4 is 10.0 Å². The van der Waals surface area contributed by atoms with E-state index >= 15 is 0 Å². The number of urea groups is 1. The van der Waals surface area contributed by atoms with Crippen LogP contribution in [0, 0.1) is 12.8 Å². The van der Waals surface area contributed by atoms with Crippen molar-refractivity contribution in [3.8, 4) is 0 Å². The fourth-order valence-corrected chi connectivity index (χ4v) is 9.20. The van der Waals surface area contributed by atoms with Crippen molar-refractivity contribution in [2.45, 2.75) is 57.5 Å². The van der Waals surface area contributed by atoms with E-state index in [0.717, 1.165) is 78.1 Å². The third-order valence-electron chi connectivity index (χ3n) is 10.8. The Hall–Kier alpha value is -3.26. The van der Waals surface area contributed by atoms with E-state index in [2.05, 4.69) is 55.3 Å². The number of piperidine rings is 2. The Morgan fingerprint density at radius 3 is 2.57 bits per heavy atom. The number of carbonyl (C=O) groups is 2. The van der Waals surface area contributed by atoms with Crippen LogP contribution in [-0.4, -0.2) is 131 Å². The van der Waals surface area contributed by atoms with Crippen molar-refractivity contribution < 1.29 is 18.5 Å². The molecule has 12 nitrogen and oxygen atoms in total. The number of aromatic nitrogens is 2. The second kappa shape index (κ2) is 14.1. The van der Waals surface area contributed by atoms with Gasteiger partial charge >= 0.3 is 6.03 Å². The molecule has 0 radical (unpaired) electrons. The van der Waals surface area contributed by atoms with Crippen LogP contribution in [0.2, 0.25) is 0 Å². The number of likely N-dealkylation sites (tertiary alicyclic amines) is 2. The van der Waals surface area contributed by atoms with Gasteiger partial charge in [-0.1, -0.05) is 6.07 Å². The molecule has 0 bridgehead atoms. The topological polar surface area (TPSA) is 126 Å². The first-order chi connectivity index (χ1) is 22.8. The van der Waals surface area contributed by atoms with E-state index < -0.39 is 17.0 Å². The molecule has 13 heteroatoms. The summed E-state index contributed by atoms with van der Waals surface area (Å²) in [4.78, 5) is 37.5. The molecule has 3 fully saturated rings. The second-order valence-electron chi connectivity index (χ2n) is 13.8. The number of amides is 3. The lowest BCUT2D eigenvalue weighted by atomic mass is 9.94. The van der Waals surface area contributed by atoms with Gasteiger partial charge in [-0.3, -0.25) is 14.8 Å². The third-order valence-corrected chi connectivity index (χ3v) is 12.1. The van der Waals surface area contributed by atoms with Gasteiger partial charge in [0, 0.05) is 62.0 Å². The highest BCUT2D eigenvalue weighted by atomic mass is 32.2. The number of piperazine rings is 1. The lowest BCUT2D eigenvalue weighted by Crippen LogP contribution is -2.59. The maximum atomic E-state index is 14.1. The molecule has 0 spiro atoms. The lowest BCUT2D eigenvalue weighted by Gasteiger charge is -2.43. The fourth-order valence-electron chi connectivity index (χ4n) is 7.88. The third kappa shape index (κ3) is 7.13. The summed E-state index contributed by atoms with van der Waals surface area (Å²) < 4.78 is 21.7. The summed E-state index contributed by atoms with van der Waals surface area (Å²) in [6.45, 7) is 9.62. The van der Waals surface area contributed by atoms with Gasteiger partial charge in [-0.15, -0.1) is 0 Å². The number of benzene rings is 1. The average Bonchev–Trinajstić information content (AvgIpc) is 3.57. The zero-order chi connectivity index (χ0) is 32.5. The smallest absolute Gasteiger partial charge is 0.318 e. The predicted octanol–water partition coefficient (Wildman–Crippen LogP) is 2.27. The largest absolute Gasteiger partial charge is 0.375 e. The number of nitrogens with zero attached hydrogens (tertiary/aromatic N) is 5. The number of hydrogen-bond acceptors (Lipinski definition) is 7. The molecule has 5 aliphatic heterocycles. The van der Waals surface area contributed by atoms with E-state index in [-0.39, 0.29) is 17.9 Å². The average molecular weight is 665 g/mol. The summed E-state index contributed by atoms with van der Waals surface area (Å²) in [5.74, 6) is 0.128. The van der Waals surface area contributed by atoms with Gasteiger partial charge in [0.25, 0.3) is 0 Å². The lowest BCUT2D eigenvalue weighted by molar-refractivity contribution is -0.135. The molecule has 254 valence electrons. The molecule has 2 aromatic rings. The van der Waals surface area contributed by atoms with Crippen LogP contribution in [-0.2, 0) is 26.9 Å². The number of hydrogen-bond donors (Lipinski definition) is 3. The van der Waals surface area contributed by atoms with E-state index in [0.29, 0.717) is 51.9 Å². The van der Waals surface area contributed by atoms with Crippen LogP contribution in [0.1, 0.15) is 43.2 Å². The van der Waals surface area contributed by atoms with Gasteiger partial charge in [0.2, 0.25) is 5.91 Å². The molecule has 47 heavy (non-hydrogen) atoms. The molecule has 2 atom stereocenters. The second-order valence-corrected chi connectivity index (χ2v) is 15.0. The van der Waals surface area contributed by atoms with E-state index in [9.17, 15) is 13.8 Å². The summed E-state index contributed by atoms with van der Waals surface area (Å²) in [6.07, 6.45) is 8.96. The van der Waals surface area contributed by atoms with Gasteiger partial charge < -0.3 is 29.5 Å². The van der Waals surface area contributed by atoms with Crippen molar-refractivity contribution in [1.29, 1.82) is 0 Å². The summed E-state index contributed by atoms with van der Waals surface area (Å²) in [7, 11) is 0.903. The minimum atomic E-state index is -1.28. The first kappa shape index (κ1) is 32.3. The maximum Gasteiger partial charge on any atom is 0.318 e. The molecule has 3 saturated heterocycles. The minimum Gasteiger partial charge on any atom is -0.375 e. The van der Waals surface area contributed by atoms with Crippen LogP contribution in [0.3, 0.4) is 0 Å². The Labute approximate surface area is 279 Å². The molecular formula is C34H48N8O4S. The number of carbonyl (C=O) groups excluding carboxylic acids is 2. The first-order valence-corrected chi connectivity index (χ1v) is 18.4. The number of rotatable bonds is 6. The van der Waals surface area contributed by atoms with Gasteiger partial charge in [-0.2, -0.15) is 5.10 Å². The van der Waals surface area contributed by atoms with Gasteiger partial charge in [0.05, 0.1) is 30.6 Å². The van der Waals surface area contributed by atoms with Crippen molar-refractivity contribution in [2.24, 2.45) is 5.92 Å². The molecule has 5 aliphatic rings. The van der Waals surface area contributed by atoms with Crippen molar-refractivity contribution in [2.75, 3.05) is 72.6 Å². The van der Waals surface area contributed by atoms with Crippen molar-refractivity contribution in [1.82, 2.24) is 39.8 Å². The first-order valence-electron chi connectivity index (χ1n) is 17.2. The number of allylic oxidation sites excluding steroid dienone is 2. The summed E-state index contributed by atoms with van der Waals surface area (Å²) >= 11 is 0. The Bertz CT molecular complexity index is 1560. The number of aromatic amines is 1. The van der Waals surface area contributed by atoms with Crippen LogP contribution >= 0.6 is 0 Å². The van der Waals surface area contributed by atoms with Gasteiger partial charge in [-0.05, 0) is 93.9 Å². The Balaban J connectivity index is 1.01. The predicted molar refractivity (Wildman–Crippen MR) is 182 cm³/mol. The molecule has 3 N–H and O–H groups in total. The molecule has 1 unspecified atom stereocenters. The SMILES string of the molecule is Cc1cc(CC(NC(=O)N2CCC(C3=CC4=C(COCC4)N[S@@]3=O)CC2)C(=O)N2CCN(C3CCN(C)CC3)CC2)cc2cn[nH]c12. The van der Waals surface area contributed by atoms with Gasteiger partial charge in [0.15, 0.2) is 0 Å². The minimum absolute atomic E-state index is 0.0180. The zero-order valence-electron chi connectivity index (χ0n) is 27.6. The molecule has 6 heterocycles. The normalized spacial score (nSPS) is 24.6. The molecule has 1 aromatic carbocycles. The van der Waals surface area contributed by atoms with Gasteiger partial charge in [-0.25, -0.2) is 9.00 Å². The van der Waals surface area contributed by atoms with E-state index in [1.54, 1.807) is 6.20 Å². The van der Waals surface area contributed by atoms with Crippen LogP contribution in [0.15, 0.2) is 40.6 Å². The quantitative estimate of drug-likeness (QED) is 0.433. The molecule has 1 aromatic heterocycles. The van der Waals surface area contributed by atoms with E-state index in [1.807, 2.05) is 16.7 Å². The van der Waals surface area contributed by atoms with Crippen LogP contribution in [0.25, 0.3) is 10.9 Å². The van der Waals surface area contributed by atoms with Crippen molar-refractivity contribution in [3.05, 3.63) is 51.7 Å². The molecule has 7 rings (SSSR count). The number of aryl methyl sites for hydroxylation is 1. The highest BCUT2D eigenvalue weighted by molar-refractivity contribution is 7.87. The Morgan fingerprint density at radius 2 is 1.81 bits per heavy atom. The fraction of sp³-hybridized carbons (Fsp3) is 0.618. The number of H-pyrrole nitrogens is 1. The van der Waals surface area contributed by atoms with Crippen LogP contribution in [0.4, 0.5) is 4.79 Å². The zero-order valence-corrected chi connectivity index (χ0v) is 28.4. The monoisotopic (exact) mass is 664 g/mol. The summed E-state index contributed by atoms with van der Waals surface area (Å²) in [5.41, 5.74) is 5.16. The van der Waals surface area contributed by atoms with Crippen LogP contribution in [0.5, 0.6) is 0 Å². The Kier molecular flexibility index (Phi) is 9.67. The highest BCUT2D eigenvalue weighted by Gasteiger charge is 2.35. The standard InChI is InChI=1S/C34H48N8O4S/c1-23-17-24(18-27-21-35-37-32(23)27)19-29(33(43)41-14-12-40(13-15-41)28-5-8-39(2)9-6-28)36-34(44)42-10-3-25(4-11-42)31-20-26-7-16-46-22-30(26)38-47(31)45/h17-18,20-21,25,28-29,38H,3-16,19,22H2,1-2H3,(H,35,37)(H,36,44)/t29?,47-/m1/s1. The van der Waals surface area contributed by atoms with Crippen molar-refractivity contribution in [3.63, 3.8) is 0 Å². The molecule has 0 aliphatic carbocycles. The highest BCUT2D eigenvalue weighted by Crippen LogP contribution is 2.32. The number of fused-ring (bicyclic) bond motifs is 1. The molecule has 3 amide bonds. The molecular weight excluding hydrogens is 616 g/mol. The summed E-state index contributed by atoms with van der Waals surface area (Å²) in [5, 5.41) is 11.4. The van der Waals surface area contributed by atoms with Gasteiger partial charge in [0.1, 0.15) is 17.0 Å². The van der Waals surface area contributed by atoms with Crippen molar-refractivity contribution >= 4 is 33.8 Å². The maximum absolute atomic E-state index is 14.1. The van der Waals surface area contributed by atoms with E-state index in [4.69, 9.17) is 4.74 Å². The molecule has 0 saturated carbocycles. The number of ether oxygens (including phenoxy) is 1. The summed E-state index contributed by atoms with van der Waals surface area (Å²) in [6, 6.07) is 3.85. The number of nitrogens with one attached hydrogen (secondary N) is 3. The van der Waals surface area contributed by atoms with E-state index in [1.165, 1.54) is 18.4 Å². The Morgan fingerprint density at radius 1 is 1.04 bits per heavy atom.